The van der Waals surface area contributed by atoms with E-state index in [2.05, 4.69) is 32.0 Å². The molecule has 0 saturated carbocycles. The fourth-order valence-electron chi connectivity index (χ4n) is 2.02. The van der Waals surface area contributed by atoms with Crippen molar-refractivity contribution in [1.29, 1.82) is 0 Å². The Morgan fingerprint density at radius 1 is 1.21 bits per heavy atom. The standard InChI is InChI=1S/C14H20/c1-3-11(2)4-5-12-6-7-13-8-9-14(13)10-12/h6-7,10-11H,3-5,8-9H2,1-2H3. The Bertz CT molecular complexity index is 312. The van der Waals surface area contributed by atoms with E-state index in [-0.39, 0.29) is 0 Å². The summed E-state index contributed by atoms with van der Waals surface area (Å²) >= 11 is 0. The first-order chi connectivity index (χ1) is 6.79. The zero-order valence-electron chi connectivity index (χ0n) is 9.34. The van der Waals surface area contributed by atoms with Gasteiger partial charge in [-0.15, -0.1) is 0 Å². The second-order valence-electron chi connectivity index (χ2n) is 4.66. The summed E-state index contributed by atoms with van der Waals surface area (Å²) in [6.45, 7) is 4.63. The van der Waals surface area contributed by atoms with Crippen LogP contribution in [0.4, 0.5) is 0 Å². The molecule has 0 saturated heterocycles. The van der Waals surface area contributed by atoms with Crippen LogP contribution in [0.15, 0.2) is 18.2 Å². The molecule has 0 radical (unpaired) electrons. The summed E-state index contributed by atoms with van der Waals surface area (Å²) in [7, 11) is 0. The highest BCUT2D eigenvalue weighted by Gasteiger charge is 2.12. The van der Waals surface area contributed by atoms with Crippen LogP contribution in [-0.4, -0.2) is 0 Å². The predicted octanol–water partition coefficient (Wildman–Crippen LogP) is 3.76. The molecule has 1 aliphatic carbocycles. The minimum Gasteiger partial charge on any atom is -0.0651 e. The zero-order chi connectivity index (χ0) is 9.97. The second-order valence-corrected chi connectivity index (χ2v) is 4.66. The van der Waals surface area contributed by atoms with Crippen molar-refractivity contribution in [3.05, 3.63) is 34.9 Å². The van der Waals surface area contributed by atoms with Gasteiger partial charge in [0.1, 0.15) is 0 Å². The lowest BCUT2D eigenvalue weighted by atomic mass is 9.86. The van der Waals surface area contributed by atoms with Crippen molar-refractivity contribution in [2.45, 2.75) is 46.0 Å². The minimum atomic E-state index is 0.876. The van der Waals surface area contributed by atoms with Crippen molar-refractivity contribution in [2.75, 3.05) is 0 Å². The molecule has 0 bridgehead atoms. The summed E-state index contributed by atoms with van der Waals surface area (Å²) in [6, 6.07) is 7.06. The van der Waals surface area contributed by atoms with E-state index in [1.807, 2.05) is 0 Å². The van der Waals surface area contributed by atoms with Crippen molar-refractivity contribution in [3.8, 4) is 0 Å². The van der Waals surface area contributed by atoms with E-state index in [1.54, 1.807) is 16.7 Å². The molecule has 1 unspecified atom stereocenters. The summed E-state index contributed by atoms with van der Waals surface area (Å²) in [5.41, 5.74) is 4.73. The van der Waals surface area contributed by atoms with Gasteiger partial charge in [-0.05, 0) is 48.3 Å². The molecular weight excluding hydrogens is 168 g/mol. The summed E-state index contributed by atoms with van der Waals surface area (Å²) in [5.74, 6) is 0.876. The van der Waals surface area contributed by atoms with Crippen molar-refractivity contribution in [3.63, 3.8) is 0 Å². The molecule has 2 rings (SSSR count). The molecule has 1 aliphatic rings. The molecule has 0 aliphatic heterocycles. The Morgan fingerprint density at radius 2 is 2.00 bits per heavy atom. The topological polar surface area (TPSA) is 0 Å². The highest BCUT2D eigenvalue weighted by molar-refractivity contribution is 5.38. The molecule has 0 heteroatoms. The number of benzene rings is 1. The van der Waals surface area contributed by atoms with Gasteiger partial charge in [-0.25, -0.2) is 0 Å². The first-order valence-corrected chi connectivity index (χ1v) is 5.90. The van der Waals surface area contributed by atoms with Gasteiger partial charge in [0.2, 0.25) is 0 Å². The Kier molecular flexibility index (Phi) is 2.90. The third kappa shape index (κ3) is 2.00. The fraction of sp³-hybridized carbons (Fsp3) is 0.571. The maximum absolute atomic E-state index is 2.42. The van der Waals surface area contributed by atoms with Gasteiger partial charge >= 0.3 is 0 Å². The molecule has 14 heavy (non-hydrogen) atoms. The Labute approximate surface area is 87.3 Å². The van der Waals surface area contributed by atoms with Crippen molar-refractivity contribution < 1.29 is 0 Å². The van der Waals surface area contributed by atoms with E-state index in [0.717, 1.165) is 5.92 Å². The van der Waals surface area contributed by atoms with E-state index in [9.17, 15) is 0 Å². The van der Waals surface area contributed by atoms with Gasteiger partial charge in [0.05, 0.1) is 0 Å². The van der Waals surface area contributed by atoms with E-state index in [0.29, 0.717) is 0 Å². The largest absolute Gasteiger partial charge is 0.0651 e. The van der Waals surface area contributed by atoms with E-state index < -0.39 is 0 Å². The lowest BCUT2D eigenvalue weighted by molar-refractivity contribution is 0.516. The maximum atomic E-state index is 2.42. The number of hydrogen-bond donors (Lipinski definition) is 0. The third-order valence-electron chi connectivity index (χ3n) is 3.56. The summed E-state index contributed by atoms with van der Waals surface area (Å²) in [5, 5.41) is 0. The summed E-state index contributed by atoms with van der Waals surface area (Å²) in [4.78, 5) is 0. The lowest BCUT2D eigenvalue weighted by Crippen LogP contribution is -2.08. The number of rotatable bonds is 4. The van der Waals surface area contributed by atoms with Crippen LogP contribution in [0.5, 0.6) is 0 Å². The first kappa shape index (κ1) is 9.76. The van der Waals surface area contributed by atoms with Crippen LogP contribution in [0.2, 0.25) is 0 Å². The first-order valence-electron chi connectivity index (χ1n) is 5.90. The highest BCUT2D eigenvalue weighted by atomic mass is 14.2. The van der Waals surface area contributed by atoms with Gasteiger partial charge in [0.25, 0.3) is 0 Å². The average Bonchev–Trinajstić information content (AvgIpc) is 2.17. The molecule has 1 aromatic rings. The van der Waals surface area contributed by atoms with Crippen LogP contribution >= 0.6 is 0 Å². The Balaban J connectivity index is 1.93. The van der Waals surface area contributed by atoms with Gasteiger partial charge in [-0.2, -0.15) is 0 Å². The molecule has 0 spiro atoms. The normalized spacial score (nSPS) is 15.9. The molecule has 0 amide bonds. The Morgan fingerprint density at radius 3 is 2.57 bits per heavy atom. The molecule has 1 aromatic carbocycles. The van der Waals surface area contributed by atoms with Crippen LogP contribution in [0, 0.1) is 5.92 Å². The van der Waals surface area contributed by atoms with Crippen LogP contribution in [-0.2, 0) is 19.3 Å². The van der Waals surface area contributed by atoms with Crippen LogP contribution in [0.1, 0.15) is 43.4 Å². The number of hydrogen-bond acceptors (Lipinski definition) is 0. The monoisotopic (exact) mass is 188 g/mol. The highest BCUT2D eigenvalue weighted by Crippen LogP contribution is 2.24. The maximum Gasteiger partial charge on any atom is -0.0235 e. The summed E-state index contributed by atoms with van der Waals surface area (Å²) in [6.07, 6.45) is 6.54. The van der Waals surface area contributed by atoms with Crippen molar-refractivity contribution in [1.82, 2.24) is 0 Å². The van der Waals surface area contributed by atoms with Crippen molar-refractivity contribution in [2.24, 2.45) is 5.92 Å². The predicted molar refractivity (Wildman–Crippen MR) is 61.6 cm³/mol. The average molecular weight is 188 g/mol. The molecule has 0 aromatic heterocycles. The van der Waals surface area contributed by atoms with Crippen LogP contribution in [0.25, 0.3) is 0 Å². The number of aryl methyl sites for hydroxylation is 3. The molecular formula is C14H20. The fourth-order valence-corrected chi connectivity index (χ4v) is 2.02. The van der Waals surface area contributed by atoms with E-state index in [1.165, 1.54) is 32.1 Å². The van der Waals surface area contributed by atoms with Gasteiger partial charge in [0, 0.05) is 0 Å². The smallest absolute Gasteiger partial charge is 0.0235 e. The van der Waals surface area contributed by atoms with E-state index in [4.69, 9.17) is 0 Å². The van der Waals surface area contributed by atoms with Crippen LogP contribution in [0.3, 0.4) is 0 Å². The zero-order valence-corrected chi connectivity index (χ0v) is 9.34. The van der Waals surface area contributed by atoms with Gasteiger partial charge in [-0.3, -0.25) is 0 Å². The lowest BCUT2D eigenvalue weighted by Gasteiger charge is -2.19. The van der Waals surface area contributed by atoms with Gasteiger partial charge in [0.15, 0.2) is 0 Å². The molecule has 0 heterocycles. The van der Waals surface area contributed by atoms with Crippen LogP contribution < -0.4 is 0 Å². The minimum absolute atomic E-state index is 0.876. The molecule has 0 N–H and O–H groups in total. The summed E-state index contributed by atoms with van der Waals surface area (Å²) < 4.78 is 0. The van der Waals surface area contributed by atoms with Gasteiger partial charge < -0.3 is 0 Å². The van der Waals surface area contributed by atoms with Gasteiger partial charge in [-0.1, -0.05) is 38.5 Å². The third-order valence-corrected chi connectivity index (χ3v) is 3.56. The molecule has 0 nitrogen and oxygen atoms in total. The number of fused-ring (bicyclic) bond motifs is 1. The quantitative estimate of drug-likeness (QED) is 0.675. The van der Waals surface area contributed by atoms with E-state index >= 15 is 0 Å². The Hall–Kier alpha value is -0.780. The molecule has 0 fully saturated rings. The molecule has 76 valence electrons. The SMILES string of the molecule is CCC(C)CCc1ccc2c(c1)CC2. The second kappa shape index (κ2) is 4.16. The van der Waals surface area contributed by atoms with Crippen molar-refractivity contribution >= 4 is 0 Å². The molecule has 1 atom stereocenters.